The van der Waals surface area contributed by atoms with Crippen molar-refractivity contribution in [2.45, 2.75) is 6.92 Å². The van der Waals surface area contributed by atoms with E-state index in [1.165, 1.54) is 0 Å². The van der Waals surface area contributed by atoms with Crippen LogP contribution in [0.25, 0.3) is 0 Å². The molecule has 0 saturated carbocycles. The number of nitrogens with one attached hydrogen (secondary N) is 1. The standard InChI is InChI=1S/C3H4N4O2S/c1-2-4-3(10-6-2)5-7(8)9/h1H3,(H,4,5,6). The lowest BCUT2D eigenvalue weighted by atomic mass is 10.8. The summed E-state index contributed by atoms with van der Waals surface area (Å²) in [5, 5.41) is 9.36. The molecule has 7 heteroatoms. The Morgan fingerprint density at radius 2 is 2.50 bits per heavy atom. The van der Waals surface area contributed by atoms with Gasteiger partial charge < -0.3 is 0 Å². The number of aromatic nitrogens is 2. The summed E-state index contributed by atoms with van der Waals surface area (Å²) in [4.78, 5) is 13.5. The Balaban J connectivity index is 2.67. The van der Waals surface area contributed by atoms with E-state index in [0.29, 0.717) is 5.82 Å². The van der Waals surface area contributed by atoms with Gasteiger partial charge in [-0.3, -0.25) is 0 Å². The van der Waals surface area contributed by atoms with Crippen LogP contribution in [0, 0.1) is 17.0 Å². The quantitative estimate of drug-likeness (QED) is 0.501. The van der Waals surface area contributed by atoms with E-state index >= 15 is 0 Å². The number of rotatable bonds is 2. The second kappa shape index (κ2) is 2.56. The molecule has 0 fully saturated rings. The minimum Gasteiger partial charge on any atom is -0.234 e. The molecule has 54 valence electrons. The third kappa shape index (κ3) is 1.62. The molecular weight excluding hydrogens is 156 g/mol. The topological polar surface area (TPSA) is 81.0 Å². The van der Waals surface area contributed by atoms with E-state index in [4.69, 9.17) is 0 Å². The van der Waals surface area contributed by atoms with Gasteiger partial charge in [0.1, 0.15) is 5.82 Å². The summed E-state index contributed by atoms with van der Waals surface area (Å²) in [5.74, 6) is 0.536. The highest BCUT2D eigenvalue weighted by molar-refractivity contribution is 7.09. The van der Waals surface area contributed by atoms with Gasteiger partial charge in [0.2, 0.25) is 0 Å². The van der Waals surface area contributed by atoms with Crippen molar-refractivity contribution in [1.82, 2.24) is 9.36 Å². The fraction of sp³-hybridized carbons (Fsp3) is 0.333. The minimum atomic E-state index is -0.667. The first-order valence-corrected chi connectivity index (χ1v) is 3.17. The van der Waals surface area contributed by atoms with Gasteiger partial charge in [0.15, 0.2) is 5.03 Å². The monoisotopic (exact) mass is 160 g/mol. The number of anilines is 1. The van der Waals surface area contributed by atoms with E-state index in [2.05, 4.69) is 9.36 Å². The molecule has 1 aromatic rings. The summed E-state index contributed by atoms with van der Waals surface area (Å²) in [5.41, 5.74) is 1.89. The predicted molar refractivity (Wildman–Crippen MR) is 35.3 cm³/mol. The molecule has 1 heterocycles. The van der Waals surface area contributed by atoms with E-state index in [0.717, 1.165) is 11.5 Å². The van der Waals surface area contributed by atoms with E-state index in [1.54, 1.807) is 6.92 Å². The molecule has 6 nitrogen and oxygen atoms in total. The molecule has 1 aromatic heterocycles. The predicted octanol–water partition coefficient (Wildman–Crippen LogP) is 0.450. The van der Waals surface area contributed by atoms with Crippen LogP contribution >= 0.6 is 11.5 Å². The van der Waals surface area contributed by atoms with Gasteiger partial charge >= 0.3 is 0 Å². The van der Waals surface area contributed by atoms with Crippen molar-refractivity contribution in [3.63, 3.8) is 0 Å². The van der Waals surface area contributed by atoms with Gasteiger partial charge in [-0.1, -0.05) is 5.43 Å². The second-order valence-corrected chi connectivity index (χ2v) is 2.27. The van der Waals surface area contributed by atoms with Crippen LogP contribution in [-0.4, -0.2) is 14.4 Å². The van der Waals surface area contributed by atoms with Gasteiger partial charge in [0, 0.05) is 11.5 Å². The van der Waals surface area contributed by atoms with E-state index in [-0.39, 0.29) is 5.13 Å². The summed E-state index contributed by atoms with van der Waals surface area (Å²) < 4.78 is 3.73. The number of nitro groups is 1. The summed E-state index contributed by atoms with van der Waals surface area (Å²) in [6, 6.07) is 0. The highest BCUT2D eigenvalue weighted by Gasteiger charge is 2.03. The molecule has 0 radical (unpaired) electrons. The number of aryl methyl sites for hydroxylation is 1. The van der Waals surface area contributed by atoms with Gasteiger partial charge in [-0.15, -0.1) is 0 Å². The zero-order valence-electron chi connectivity index (χ0n) is 5.07. The maximum Gasteiger partial charge on any atom is 0.265 e. The zero-order chi connectivity index (χ0) is 7.56. The fourth-order valence-electron chi connectivity index (χ4n) is 0.421. The van der Waals surface area contributed by atoms with E-state index in [9.17, 15) is 10.1 Å². The van der Waals surface area contributed by atoms with Crippen LogP contribution in [0.15, 0.2) is 0 Å². The number of hydrazine groups is 1. The molecule has 0 spiro atoms. The Bertz CT molecular complexity index is 246. The van der Waals surface area contributed by atoms with Crippen LogP contribution in [0.1, 0.15) is 5.82 Å². The number of hydrogen-bond acceptors (Lipinski definition) is 5. The van der Waals surface area contributed by atoms with Gasteiger partial charge in [-0.25, -0.2) is 10.1 Å². The zero-order valence-corrected chi connectivity index (χ0v) is 5.88. The molecule has 0 aliphatic carbocycles. The van der Waals surface area contributed by atoms with Crippen LogP contribution in [0.4, 0.5) is 5.13 Å². The molecule has 10 heavy (non-hydrogen) atoms. The van der Waals surface area contributed by atoms with Gasteiger partial charge in [-0.2, -0.15) is 9.36 Å². The number of hydrogen-bond donors (Lipinski definition) is 1. The molecule has 0 bridgehead atoms. The number of nitrogens with zero attached hydrogens (tertiary/aromatic N) is 3. The highest BCUT2D eigenvalue weighted by Crippen LogP contribution is 2.08. The first-order valence-electron chi connectivity index (χ1n) is 2.40. The van der Waals surface area contributed by atoms with Crippen molar-refractivity contribution in [3.05, 3.63) is 15.9 Å². The van der Waals surface area contributed by atoms with Crippen LogP contribution in [0.5, 0.6) is 0 Å². The largest absolute Gasteiger partial charge is 0.265 e. The van der Waals surface area contributed by atoms with Crippen molar-refractivity contribution in [2.75, 3.05) is 5.43 Å². The average Bonchev–Trinajstić information content (AvgIpc) is 2.13. The maximum absolute atomic E-state index is 9.81. The van der Waals surface area contributed by atoms with Crippen LogP contribution in [0.2, 0.25) is 0 Å². The third-order valence-electron chi connectivity index (χ3n) is 0.715. The summed E-state index contributed by atoms with van der Waals surface area (Å²) >= 11 is 0.964. The molecule has 0 aromatic carbocycles. The van der Waals surface area contributed by atoms with Crippen LogP contribution < -0.4 is 5.43 Å². The average molecular weight is 160 g/mol. The smallest absolute Gasteiger partial charge is 0.234 e. The second-order valence-electron chi connectivity index (χ2n) is 1.52. The van der Waals surface area contributed by atoms with Gasteiger partial charge in [0.25, 0.3) is 5.13 Å². The lowest BCUT2D eigenvalue weighted by molar-refractivity contribution is -0.445. The first kappa shape index (κ1) is 6.87. The van der Waals surface area contributed by atoms with E-state index < -0.39 is 5.03 Å². The van der Waals surface area contributed by atoms with Crippen LogP contribution in [0.3, 0.4) is 0 Å². The van der Waals surface area contributed by atoms with E-state index in [1.807, 2.05) is 5.43 Å². The molecule has 0 saturated heterocycles. The van der Waals surface area contributed by atoms with Crippen molar-refractivity contribution >= 4 is 16.7 Å². The Morgan fingerprint density at radius 3 is 2.90 bits per heavy atom. The van der Waals surface area contributed by atoms with Crippen LogP contribution in [-0.2, 0) is 0 Å². The summed E-state index contributed by atoms with van der Waals surface area (Å²) in [7, 11) is 0. The Hall–Kier alpha value is -1.24. The van der Waals surface area contributed by atoms with Crippen molar-refractivity contribution < 1.29 is 5.03 Å². The van der Waals surface area contributed by atoms with Crippen molar-refractivity contribution in [2.24, 2.45) is 0 Å². The fourth-order valence-corrected chi connectivity index (χ4v) is 0.968. The summed E-state index contributed by atoms with van der Waals surface area (Å²) in [6.45, 7) is 1.67. The molecule has 0 amide bonds. The normalized spacial score (nSPS) is 9.30. The first-order chi connectivity index (χ1) is 4.68. The van der Waals surface area contributed by atoms with Crippen molar-refractivity contribution in [1.29, 1.82) is 0 Å². The molecule has 0 atom stereocenters. The molecule has 0 aliphatic rings. The third-order valence-corrected chi connectivity index (χ3v) is 1.43. The van der Waals surface area contributed by atoms with Gasteiger partial charge in [0.05, 0.1) is 0 Å². The lowest BCUT2D eigenvalue weighted by Gasteiger charge is -1.84. The van der Waals surface area contributed by atoms with Crippen molar-refractivity contribution in [3.8, 4) is 0 Å². The maximum atomic E-state index is 9.81. The minimum absolute atomic E-state index is 0.211. The van der Waals surface area contributed by atoms with Gasteiger partial charge in [-0.05, 0) is 6.92 Å². The highest BCUT2D eigenvalue weighted by atomic mass is 32.1. The SMILES string of the molecule is Cc1nsc(N[N+](=O)[O-])n1. The Kier molecular flexibility index (Phi) is 1.76. The molecular formula is C3H4N4O2S. The molecule has 1 N–H and O–H groups in total. The lowest BCUT2D eigenvalue weighted by Crippen LogP contribution is -2.06. The molecule has 0 aliphatic heterocycles. The summed E-state index contributed by atoms with van der Waals surface area (Å²) in [6.07, 6.45) is 0. The molecule has 0 unspecified atom stereocenters. The molecule has 1 rings (SSSR count). The Labute approximate surface area is 60.2 Å². The Morgan fingerprint density at radius 1 is 1.80 bits per heavy atom.